The predicted octanol–water partition coefficient (Wildman–Crippen LogP) is 2.28. The highest BCUT2D eigenvalue weighted by atomic mass is 19.3. The third kappa shape index (κ3) is 6.23. The molecule has 0 bridgehead atoms. The Morgan fingerprint density at radius 3 is 2.27 bits per heavy atom. The first kappa shape index (κ1) is 10.8. The molecule has 0 rings (SSSR count). The van der Waals surface area contributed by atoms with Crippen LogP contribution in [0, 0.1) is 5.92 Å². The van der Waals surface area contributed by atoms with Gasteiger partial charge in [-0.25, -0.2) is 8.78 Å². The van der Waals surface area contributed by atoms with Crippen LogP contribution < -0.4 is 5.32 Å². The lowest BCUT2D eigenvalue weighted by Crippen LogP contribution is -2.30. The topological polar surface area (TPSA) is 12.0 Å². The van der Waals surface area contributed by atoms with Gasteiger partial charge < -0.3 is 5.32 Å². The van der Waals surface area contributed by atoms with E-state index in [2.05, 4.69) is 5.32 Å². The van der Waals surface area contributed by atoms with Crippen LogP contribution in [0.4, 0.5) is 8.78 Å². The quantitative estimate of drug-likeness (QED) is 0.659. The summed E-state index contributed by atoms with van der Waals surface area (Å²) in [4.78, 5) is 0. The second-order valence-corrected chi connectivity index (χ2v) is 3.32. The fourth-order valence-corrected chi connectivity index (χ4v) is 0.847. The third-order valence-corrected chi connectivity index (χ3v) is 1.52. The number of nitrogens with one attached hydrogen (secondary N) is 1. The summed E-state index contributed by atoms with van der Waals surface area (Å²) in [7, 11) is 1.54. The normalized spacial score (nSPS) is 12.5. The molecule has 0 aliphatic rings. The second-order valence-electron chi connectivity index (χ2n) is 3.32. The molecule has 1 N–H and O–H groups in total. The van der Waals surface area contributed by atoms with Crippen molar-refractivity contribution in [3.05, 3.63) is 0 Å². The molecule has 0 amide bonds. The third-order valence-electron chi connectivity index (χ3n) is 1.52. The summed E-state index contributed by atoms with van der Waals surface area (Å²) in [6, 6.07) is 0. The van der Waals surface area contributed by atoms with E-state index in [1.807, 2.05) is 13.8 Å². The van der Waals surface area contributed by atoms with Gasteiger partial charge in [-0.2, -0.15) is 0 Å². The Kier molecular flexibility index (Phi) is 4.57. The number of rotatable bonds is 5. The zero-order chi connectivity index (χ0) is 8.91. The Balaban J connectivity index is 3.54. The van der Waals surface area contributed by atoms with Crippen molar-refractivity contribution in [2.45, 2.75) is 32.6 Å². The molecule has 1 nitrogen and oxygen atoms in total. The lowest BCUT2D eigenvalue weighted by Gasteiger charge is -2.16. The second kappa shape index (κ2) is 4.65. The molecule has 0 radical (unpaired) electrons. The fraction of sp³-hybridized carbons (Fsp3) is 1.00. The maximum Gasteiger partial charge on any atom is 0.260 e. The van der Waals surface area contributed by atoms with Gasteiger partial charge in [-0.3, -0.25) is 0 Å². The van der Waals surface area contributed by atoms with Crippen molar-refractivity contribution in [2.24, 2.45) is 5.92 Å². The van der Waals surface area contributed by atoms with Gasteiger partial charge in [0.25, 0.3) is 5.92 Å². The van der Waals surface area contributed by atoms with Crippen LogP contribution in [-0.4, -0.2) is 19.5 Å². The van der Waals surface area contributed by atoms with Crippen molar-refractivity contribution in [1.82, 2.24) is 5.32 Å². The molecule has 0 unspecified atom stereocenters. The highest BCUT2D eigenvalue weighted by Gasteiger charge is 2.27. The molecule has 0 fully saturated rings. The van der Waals surface area contributed by atoms with Gasteiger partial charge in [0, 0.05) is 6.42 Å². The molecule has 0 aliphatic carbocycles. The molecule has 0 atom stereocenters. The summed E-state index contributed by atoms with van der Waals surface area (Å²) in [6.45, 7) is 3.70. The number of alkyl halides is 2. The predicted molar refractivity (Wildman–Crippen MR) is 42.9 cm³/mol. The lowest BCUT2D eigenvalue weighted by atomic mass is 10.0. The van der Waals surface area contributed by atoms with Gasteiger partial charge in [0.2, 0.25) is 0 Å². The van der Waals surface area contributed by atoms with Crippen molar-refractivity contribution >= 4 is 0 Å². The van der Waals surface area contributed by atoms with Gasteiger partial charge in [-0.15, -0.1) is 0 Å². The van der Waals surface area contributed by atoms with E-state index in [0.29, 0.717) is 12.3 Å². The SMILES string of the molecule is CNCC(F)(F)CCC(C)C. The van der Waals surface area contributed by atoms with E-state index in [4.69, 9.17) is 0 Å². The molecule has 0 aromatic rings. The zero-order valence-electron chi connectivity index (χ0n) is 7.45. The first-order chi connectivity index (χ1) is 4.98. The molecule has 0 aromatic heterocycles. The van der Waals surface area contributed by atoms with Gasteiger partial charge in [-0.05, 0) is 19.4 Å². The maximum atomic E-state index is 12.7. The van der Waals surface area contributed by atoms with Crippen molar-refractivity contribution in [3.8, 4) is 0 Å². The number of hydrogen-bond donors (Lipinski definition) is 1. The van der Waals surface area contributed by atoms with Gasteiger partial charge in [0.1, 0.15) is 0 Å². The molecular weight excluding hydrogens is 148 g/mol. The van der Waals surface area contributed by atoms with Crippen LogP contribution in [0.5, 0.6) is 0 Å². The van der Waals surface area contributed by atoms with Crippen LogP contribution in [0.1, 0.15) is 26.7 Å². The first-order valence-electron chi connectivity index (χ1n) is 4.00. The van der Waals surface area contributed by atoms with Crippen LogP contribution in [0.3, 0.4) is 0 Å². The van der Waals surface area contributed by atoms with E-state index in [0.717, 1.165) is 0 Å². The average Bonchev–Trinajstić information content (AvgIpc) is 1.84. The average molecular weight is 165 g/mol. The van der Waals surface area contributed by atoms with Crippen molar-refractivity contribution in [1.29, 1.82) is 0 Å². The summed E-state index contributed by atoms with van der Waals surface area (Å²) in [6.07, 6.45) is 0.584. The number of halogens is 2. The van der Waals surface area contributed by atoms with Crippen molar-refractivity contribution < 1.29 is 8.78 Å². The molecule has 11 heavy (non-hydrogen) atoms. The molecule has 3 heteroatoms. The van der Waals surface area contributed by atoms with E-state index in [1.165, 1.54) is 0 Å². The highest BCUT2D eigenvalue weighted by molar-refractivity contribution is 4.68. The van der Waals surface area contributed by atoms with Gasteiger partial charge in [0.05, 0.1) is 6.54 Å². The minimum atomic E-state index is -2.53. The summed E-state index contributed by atoms with van der Waals surface area (Å²) in [5.74, 6) is -2.17. The van der Waals surface area contributed by atoms with E-state index in [9.17, 15) is 8.78 Å². The van der Waals surface area contributed by atoms with Gasteiger partial charge >= 0.3 is 0 Å². The molecule has 0 heterocycles. The molecule has 0 saturated carbocycles. The van der Waals surface area contributed by atoms with Crippen LogP contribution in [-0.2, 0) is 0 Å². The largest absolute Gasteiger partial charge is 0.314 e. The van der Waals surface area contributed by atoms with E-state index in [-0.39, 0.29) is 13.0 Å². The van der Waals surface area contributed by atoms with Crippen molar-refractivity contribution in [3.63, 3.8) is 0 Å². The Morgan fingerprint density at radius 2 is 1.91 bits per heavy atom. The molecule has 0 spiro atoms. The maximum absolute atomic E-state index is 12.7. The molecular formula is C8H17F2N. The Bertz CT molecular complexity index is 102. The monoisotopic (exact) mass is 165 g/mol. The van der Waals surface area contributed by atoms with Crippen LogP contribution in [0.25, 0.3) is 0 Å². The first-order valence-corrected chi connectivity index (χ1v) is 4.00. The minimum absolute atomic E-state index is 0.00843. The zero-order valence-corrected chi connectivity index (χ0v) is 7.45. The van der Waals surface area contributed by atoms with Gasteiger partial charge in [-0.1, -0.05) is 13.8 Å². The molecule has 68 valence electrons. The van der Waals surface area contributed by atoms with E-state index in [1.54, 1.807) is 7.05 Å². The minimum Gasteiger partial charge on any atom is -0.314 e. The Morgan fingerprint density at radius 1 is 1.36 bits per heavy atom. The van der Waals surface area contributed by atoms with Crippen LogP contribution >= 0.6 is 0 Å². The summed E-state index contributed by atoms with van der Waals surface area (Å²) in [5, 5.41) is 2.48. The van der Waals surface area contributed by atoms with Crippen molar-refractivity contribution in [2.75, 3.05) is 13.6 Å². The Hall–Kier alpha value is -0.180. The fourth-order valence-electron chi connectivity index (χ4n) is 0.847. The lowest BCUT2D eigenvalue weighted by molar-refractivity contribution is -0.00932. The standard InChI is InChI=1S/C8H17F2N/c1-7(2)4-5-8(9,10)6-11-3/h7,11H,4-6H2,1-3H3. The Labute approximate surface area is 67.2 Å². The highest BCUT2D eigenvalue weighted by Crippen LogP contribution is 2.21. The van der Waals surface area contributed by atoms with E-state index >= 15 is 0 Å². The van der Waals surface area contributed by atoms with E-state index < -0.39 is 5.92 Å². The summed E-state index contributed by atoms with van der Waals surface area (Å²) in [5.41, 5.74) is 0. The molecule has 0 aromatic carbocycles. The van der Waals surface area contributed by atoms with Crippen LogP contribution in [0.2, 0.25) is 0 Å². The molecule has 0 aliphatic heterocycles. The smallest absolute Gasteiger partial charge is 0.260 e. The van der Waals surface area contributed by atoms with Gasteiger partial charge in [0.15, 0.2) is 0 Å². The summed E-state index contributed by atoms with van der Waals surface area (Å²) >= 11 is 0. The number of hydrogen-bond acceptors (Lipinski definition) is 1. The summed E-state index contributed by atoms with van der Waals surface area (Å²) < 4.78 is 25.4. The molecule has 0 saturated heterocycles. The van der Waals surface area contributed by atoms with Crippen LogP contribution in [0.15, 0.2) is 0 Å².